The molecule has 1 fully saturated rings. The lowest BCUT2D eigenvalue weighted by Crippen LogP contribution is -2.48. The first-order valence-corrected chi connectivity index (χ1v) is 10.9. The lowest BCUT2D eigenvalue weighted by atomic mass is 10.1. The second-order valence-electron chi connectivity index (χ2n) is 7.24. The van der Waals surface area contributed by atoms with E-state index in [1.165, 1.54) is 30.5 Å². The van der Waals surface area contributed by atoms with Gasteiger partial charge in [-0.2, -0.15) is 0 Å². The average molecular weight is 444 g/mol. The number of hydrogen-bond donors (Lipinski definition) is 1. The van der Waals surface area contributed by atoms with Gasteiger partial charge in [-0.05, 0) is 23.6 Å². The van der Waals surface area contributed by atoms with Crippen LogP contribution in [-0.4, -0.2) is 80.3 Å². The Morgan fingerprint density at radius 3 is 2.42 bits per heavy atom. The smallest absolute Gasteiger partial charge is 0.282 e. The number of aliphatic hydroxyl groups is 1. The number of hydrogen-bond acceptors (Lipinski definition) is 8. The van der Waals surface area contributed by atoms with Gasteiger partial charge >= 0.3 is 0 Å². The third-order valence-corrected chi connectivity index (χ3v) is 6.45. The molecule has 0 saturated carbocycles. The Hall–Kier alpha value is -2.88. The van der Waals surface area contributed by atoms with E-state index in [1.54, 1.807) is 18.2 Å². The van der Waals surface area contributed by atoms with Gasteiger partial charge in [0.15, 0.2) is 0 Å². The SMILES string of the molecule is COc1ccc(OC)c(N2C(=O)C(c3cccs3)=C(N3CCN(CCO)CC3)C2=O)c1. The number of methoxy groups -OCH3 is 2. The standard InChI is InChI=1S/C22H25N3O5S/c1-29-15-5-6-17(30-2)16(14-15)25-21(27)19(18-4-3-13-31-18)20(22(25)28)24-9-7-23(8-10-24)11-12-26/h3-6,13-14,26H,7-12H2,1-2H3. The molecule has 1 aromatic heterocycles. The van der Waals surface area contributed by atoms with E-state index < -0.39 is 0 Å². The molecule has 4 rings (SSSR count). The first-order valence-electron chi connectivity index (χ1n) is 10.1. The zero-order valence-electron chi connectivity index (χ0n) is 17.5. The second-order valence-corrected chi connectivity index (χ2v) is 8.18. The van der Waals surface area contributed by atoms with Crippen molar-refractivity contribution in [3.05, 3.63) is 46.3 Å². The number of aliphatic hydroxyl groups excluding tert-OH is 1. The lowest BCUT2D eigenvalue weighted by molar-refractivity contribution is -0.120. The van der Waals surface area contributed by atoms with Crippen molar-refractivity contribution in [1.29, 1.82) is 0 Å². The van der Waals surface area contributed by atoms with E-state index in [1.807, 2.05) is 22.4 Å². The molecule has 1 aromatic carbocycles. The van der Waals surface area contributed by atoms with Crippen LogP contribution in [-0.2, 0) is 9.59 Å². The number of carbonyl (C=O) groups is 2. The first kappa shape index (κ1) is 21.4. The summed E-state index contributed by atoms with van der Waals surface area (Å²) in [4.78, 5) is 33.3. The molecule has 2 aliphatic heterocycles. The summed E-state index contributed by atoms with van der Waals surface area (Å²) in [6.45, 7) is 3.34. The first-order chi connectivity index (χ1) is 15.1. The molecule has 164 valence electrons. The number of anilines is 1. The Labute approximate surface area is 184 Å². The van der Waals surface area contributed by atoms with Gasteiger partial charge in [-0.3, -0.25) is 14.5 Å². The molecular weight excluding hydrogens is 418 g/mol. The minimum Gasteiger partial charge on any atom is -0.497 e. The molecule has 9 heteroatoms. The van der Waals surface area contributed by atoms with Crippen molar-refractivity contribution in [1.82, 2.24) is 9.80 Å². The third-order valence-electron chi connectivity index (χ3n) is 5.56. The Morgan fingerprint density at radius 2 is 1.81 bits per heavy atom. The van der Waals surface area contributed by atoms with Gasteiger partial charge in [0.25, 0.3) is 11.8 Å². The highest BCUT2D eigenvalue weighted by Gasteiger charge is 2.44. The summed E-state index contributed by atoms with van der Waals surface area (Å²) in [5.74, 6) is 0.213. The molecule has 0 atom stereocenters. The van der Waals surface area contributed by atoms with Gasteiger partial charge in [0.05, 0.1) is 32.1 Å². The molecule has 8 nitrogen and oxygen atoms in total. The number of amides is 2. The summed E-state index contributed by atoms with van der Waals surface area (Å²) in [7, 11) is 3.04. The highest BCUT2D eigenvalue weighted by Crippen LogP contribution is 2.41. The van der Waals surface area contributed by atoms with Gasteiger partial charge in [0.1, 0.15) is 17.2 Å². The number of nitrogens with zero attached hydrogens (tertiary/aromatic N) is 3. The van der Waals surface area contributed by atoms with E-state index in [2.05, 4.69) is 4.90 Å². The Morgan fingerprint density at radius 1 is 1.03 bits per heavy atom. The molecule has 0 aliphatic carbocycles. The molecule has 2 amide bonds. The molecule has 0 radical (unpaired) electrons. The molecular formula is C22H25N3O5S. The Kier molecular flexibility index (Phi) is 6.26. The van der Waals surface area contributed by atoms with E-state index in [0.29, 0.717) is 61.2 Å². The zero-order chi connectivity index (χ0) is 22.0. The van der Waals surface area contributed by atoms with Crippen LogP contribution in [0, 0.1) is 0 Å². The van der Waals surface area contributed by atoms with Crippen LogP contribution < -0.4 is 14.4 Å². The van der Waals surface area contributed by atoms with Crippen LogP contribution in [0.25, 0.3) is 5.57 Å². The number of carbonyl (C=O) groups excluding carboxylic acids is 2. The van der Waals surface area contributed by atoms with Crippen molar-refractivity contribution in [2.45, 2.75) is 0 Å². The van der Waals surface area contributed by atoms with Gasteiger partial charge in [0, 0.05) is 43.7 Å². The van der Waals surface area contributed by atoms with Crippen LogP contribution in [0.15, 0.2) is 41.4 Å². The normalized spacial score (nSPS) is 17.6. The summed E-state index contributed by atoms with van der Waals surface area (Å²) in [5.41, 5.74) is 1.20. The number of imide groups is 1. The van der Waals surface area contributed by atoms with Crippen LogP contribution >= 0.6 is 11.3 Å². The van der Waals surface area contributed by atoms with Crippen LogP contribution in [0.1, 0.15) is 4.88 Å². The van der Waals surface area contributed by atoms with Crippen LogP contribution in [0.5, 0.6) is 11.5 Å². The molecule has 0 unspecified atom stereocenters. The molecule has 0 bridgehead atoms. The predicted molar refractivity (Wildman–Crippen MR) is 118 cm³/mol. The molecule has 2 aliphatic rings. The summed E-state index contributed by atoms with van der Waals surface area (Å²) in [5, 5.41) is 11.1. The van der Waals surface area contributed by atoms with Crippen molar-refractivity contribution in [2.24, 2.45) is 0 Å². The number of benzene rings is 1. The Bertz CT molecular complexity index is 997. The van der Waals surface area contributed by atoms with E-state index in [4.69, 9.17) is 9.47 Å². The minimum atomic E-state index is -0.369. The Balaban J connectivity index is 1.74. The van der Waals surface area contributed by atoms with Gasteiger partial charge in [-0.25, -0.2) is 4.90 Å². The number of rotatable bonds is 7. The summed E-state index contributed by atoms with van der Waals surface area (Å²) in [6.07, 6.45) is 0. The van der Waals surface area contributed by atoms with Crippen LogP contribution in [0.3, 0.4) is 0 Å². The van der Waals surface area contributed by atoms with Crippen molar-refractivity contribution < 1.29 is 24.2 Å². The lowest BCUT2D eigenvalue weighted by Gasteiger charge is -2.36. The van der Waals surface area contributed by atoms with Gasteiger partial charge in [-0.1, -0.05) is 6.07 Å². The van der Waals surface area contributed by atoms with Crippen molar-refractivity contribution in [3.8, 4) is 11.5 Å². The number of β-amino-alcohol motifs (C(OH)–C–C–N with tert-alkyl or cyclic N) is 1. The number of thiophene rings is 1. The fourth-order valence-corrected chi connectivity index (χ4v) is 4.74. The zero-order valence-corrected chi connectivity index (χ0v) is 18.4. The summed E-state index contributed by atoms with van der Waals surface area (Å²) in [6, 6.07) is 8.78. The van der Waals surface area contributed by atoms with Crippen molar-refractivity contribution in [3.63, 3.8) is 0 Å². The van der Waals surface area contributed by atoms with E-state index in [9.17, 15) is 14.7 Å². The molecule has 31 heavy (non-hydrogen) atoms. The largest absolute Gasteiger partial charge is 0.497 e. The average Bonchev–Trinajstić information content (AvgIpc) is 3.40. The van der Waals surface area contributed by atoms with Gasteiger partial charge < -0.3 is 19.5 Å². The fourth-order valence-electron chi connectivity index (χ4n) is 3.98. The summed E-state index contributed by atoms with van der Waals surface area (Å²) < 4.78 is 10.7. The highest BCUT2D eigenvalue weighted by molar-refractivity contribution is 7.11. The number of piperazine rings is 1. The maximum Gasteiger partial charge on any atom is 0.282 e. The van der Waals surface area contributed by atoms with E-state index >= 15 is 0 Å². The van der Waals surface area contributed by atoms with Crippen LogP contribution in [0.2, 0.25) is 0 Å². The number of ether oxygens (including phenoxy) is 2. The maximum atomic E-state index is 13.7. The van der Waals surface area contributed by atoms with Crippen molar-refractivity contribution >= 4 is 34.4 Å². The third kappa shape index (κ3) is 3.91. The fraction of sp³-hybridized carbons (Fsp3) is 0.364. The van der Waals surface area contributed by atoms with Crippen LogP contribution in [0.4, 0.5) is 5.69 Å². The maximum absolute atomic E-state index is 13.7. The second kappa shape index (κ2) is 9.09. The quantitative estimate of drug-likeness (QED) is 0.652. The van der Waals surface area contributed by atoms with E-state index in [-0.39, 0.29) is 18.4 Å². The molecule has 1 N–H and O–H groups in total. The van der Waals surface area contributed by atoms with Gasteiger partial charge in [-0.15, -0.1) is 11.3 Å². The van der Waals surface area contributed by atoms with E-state index in [0.717, 1.165) is 4.88 Å². The minimum absolute atomic E-state index is 0.101. The molecule has 1 saturated heterocycles. The topological polar surface area (TPSA) is 82.6 Å². The molecule has 0 spiro atoms. The summed E-state index contributed by atoms with van der Waals surface area (Å²) >= 11 is 1.43. The van der Waals surface area contributed by atoms with Crippen molar-refractivity contribution in [2.75, 3.05) is 58.5 Å². The molecule has 3 heterocycles. The molecule has 2 aromatic rings. The monoisotopic (exact) mass is 443 g/mol. The predicted octanol–water partition coefficient (Wildman–Crippen LogP) is 1.66. The van der Waals surface area contributed by atoms with Gasteiger partial charge in [0.2, 0.25) is 0 Å². The highest BCUT2D eigenvalue weighted by atomic mass is 32.1.